The molecule has 4 aromatic rings. The van der Waals surface area contributed by atoms with Crippen molar-refractivity contribution in [1.29, 1.82) is 0 Å². The number of rotatable bonds is 5. The molecule has 3 aromatic carbocycles. The minimum atomic E-state index is -0.235. The molecule has 8 heteroatoms. The molecule has 0 unspecified atom stereocenters. The minimum Gasteiger partial charge on any atom is -0.325 e. The van der Waals surface area contributed by atoms with E-state index < -0.39 is 0 Å². The highest BCUT2D eigenvalue weighted by molar-refractivity contribution is 6.30. The number of anilines is 2. The van der Waals surface area contributed by atoms with Gasteiger partial charge in [0.15, 0.2) is 0 Å². The predicted molar refractivity (Wildman–Crippen MR) is 124 cm³/mol. The summed E-state index contributed by atoms with van der Waals surface area (Å²) < 4.78 is 1.71. The number of fused-ring (bicyclic) bond motifs is 1. The number of carbonyl (C=O) groups excluding carboxylic acids is 1. The first-order valence-electron chi connectivity index (χ1n) is 10.1. The van der Waals surface area contributed by atoms with Gasteiger partial charge >= 0.3 is 0 Å². The average Bonchev–Trinajstić information content (AvgIpc) is 3.31. The normalized spacial score (nSPS) is 15.1. The van der Waals surface area contributed by atoms with E-state index in [1.54, 1.807) is 4.68 Å². The van der Waals surface area contributed by atoms with E-state index in [9.17, 15) is 4.79 Å². The van der Waals surface area contributed by atoms with E-state index in [0.29, 0.717) is 11.0 Å². The number of allylic oxidation sites excluding steroid dienone is 1. The van der Waals surface area contributed by atoms with Crippen LogP contribution in [0.25, 0.3) is 5.70 Å². The molecule has 2 heterocycles. The Kier molecular flexibility index (Phi) is 5.39. The number of hydrogen-bond acceptors (Lipinski definition) is 5. The fourth-order valence-electron chi connectivity index (χ4n) is 3.74. The first-order valence-corrected chi connectivity index (χ1v) is 10.5. The van der Waals surface area contributed by atoms with Gasteiger partial charge in [0.1, 0.15) is 12.6 Å². The monoisotopic (exact) mass is 442 g/mol. The number of nitrogens with one attached hydrogen (secondary N) is 1. The summed E-state index contributed by atoms with van der Waals surface area (Å²) in [7, 11) is 0. The Hall–Kier alpha value is -3.97. The molecule has 0 aliphatic carbocycles. The Morgan fingerprint density at radius 1 is 0.938 bits per heavy atom. The van der Waals surface area contributed by atoms with Crippen molar-refractivity contribution in [3.05, 3.63) is 107 Å². The van der Waals surface area contributed by atoms with E-state index in [2.05, 4.69) is 26.9 Å². The molecule has 5 rings (SSSR count). The Morgan fingerprint density at radius 3 is 2.34 bits per heavy atom. The lowest BCUT2D eigenvalue weighted by Crippen LogP contribution is -2.37. The maximum Gasteiger partial charge on any atom is 0.251 e. The van der Waals surface area contributed by atoms with Gasteiger partial charge in [-0.15, -0.1) is 0 Å². The Bertz CT molecular complexity index is 1250. The lowest BCUT2D eigenvalue weighted by molar-refractivity contribution is -0.114. The number of halogens is 1. The van der Waals surface area contributed by atoms with Crippen LogP contribution in [-0.2, 0) is 4.79 Å². The second-order valence-electron chi connectivity index (χ2n) is 7.34. The zero-order valence-electron chi connectivity index (χ0n) is 17.0. The van der Waals surface area contributed by atoms with Crippen LogP contribution in [0.5, 0.6) is 0 Å². The summed E-state index contributed by atoms with van der Waals surface area (Å²) in [6, 6.07) is 26.6. The molecule has 7 nitrogen and oxygen atoms in total. The van der Waals surface area contributed by atoms with Gasteiger partial charge in [0.2, 0.25) is 5.91 Å². The summed E-state index contributed by atoms with van der Waals surface area (Å²) in [6.07, 6.45) is 2.07. The smallest absolute Gasteiger partial charge is 0.251 e. The van der Waals surface area contributed by atoms with Crippen molar-refractivity contribution >= 4 is 34.8 Å². The van der Waals surface area contributed by atoms with E-state index in [1.165, 1.54) is 0 Å². The van der Waals surface area contributed by atoms with Crippen LogP contribution < -0.4 is 10.2 Å². The van der Waals surface area contributed by atoms with E-state index in [0.717, 1.165) is 22.5 Å². The van der Waals surface area contributed by atoms with Crippen molar-refractivity contribution in [1.82, 2.24) is 20.2 Å². The molecule has 158 valence electrons. The van der Waals surface area contributed by atoms with Crippen molar-refractivity contribution in [2.45, 2.75) is 6.04 Å². The van der Waals surface area contributed by atoms with E-state index >= 15 is 0 Å². The topological polar surface area (TPSA) is 75.9 Å². The zero-order valence-corrected chi connectivity index (χ0v) is 17.7. The molecule has 0 spiro atoms. The minimum absolute atomic E-state index is 0.0589. The van der Waals surface area contributed by atoms with Crippen molar-refractivity contribution < 1.29 is 4.79 Å². The Labute approximate surface area is 189 Å². The van der Waals surface area contributed by atoms with E-state index in [1.807, 2.05) is 89.8 Å². The third-order valence-corrected chi connectivity index (χ3v) is 5.48. The highest BCUT2D eigenvalue weighted by Crippen LogP contribution is 2.36. The molecule has 0 saturated heterocycles. The maximum absolute atomic E-state index is 12.9. The van der Waals surface area contributed by atoms with Gasteiger partial charge in [-0.3, -0.25) is 9.69 Å². The second kappa shape index (κ2) is 8.64. The summed E-state index contributed by atoms with van der Waals surface area (Å²) in [5, 5.41) is 15.9. The third kappa shape index (κ3) is 3.98. The summed E-state index contributed by atoms with van der Waals surface area (Å²) in [5.41, 5.74) is 3.55. The van der Waals surface area contributed by atoms with Crippen molar-refractivity contribution in [2.75, 3.05) is 16.8 Å². The van der Waals surface area contributed by atoms with Crippen LogP contribution in [0.2, 0.25) is 5.02 Å². The zero-order chi connectivity index (χ0) is 21.9. The molecule has 0 saturated carbocycles. The van der Waals surface area contributed by atoms with Crippen molar-refractivity contribution in [2.24, 2.45) is 0 Å². The van der Waals surface area contributed by atoms with Gasteiger partial charge in [0.05, 0.1) is 5.70 Å². The lowest BCUT2D eigenvalue weighted by Gasteiger charge is -2.32. The fourth-order valence-corrected chi connectivity index (χ4v) is 3.87. The molecule has 1 aliphatic rings. The average molecular weight is 443 g/mol. The van der Waals surface area contributed by atoms with Crippen LogP contribution in [-0.4, -0.2) is 32.7 Å². The largest absolute Gasteiger partial charge is 0.325 e. The number of amides is 1. The highest BCUT2D eigenvalue weighted by Gasteiger charge is 2.31. The van der Waals surface area contributed by atoms with Crippen LogP contribution in [0, 0.1) is 0 Å². The maximum atomic E-state index is 12.9. The van der Waals surface area contributed by atoms with Crippen LogP contribution in [0.3, 0.4) is 0 Å². The molecule has 1 atom stereocenters. The molecular formula is C24H19ClN6O. The van der Waals surface area contributed by atoms with Gasteiger partial charge in [-0.25, -0.2) is 0 Å². The summed E-state index contributed by atoms with van der Waals surface area (Å²) in [5.74, 6) is 0.326. The number of carbonyl (C=O) groups is 1. The van der Waals surface area contributed by atoms with Gasteiger partial charge in [-0.1, -0.05) is 77.4 Å². The predicted octanol–water partition coefficient (Wildman–Crippen LogP) is 4.42. The number of tetrazole rings is 1. The van der Waals surface area contributed by atoms with Gasteiger partial charge in [0.25, 0.3) is 5.95 Å². The first-order chi connectivity index (χ1) is 15.7. The lowest BCUT2D eigenvalue weighted by atomic mass is 10.0. The number of nitrogens with zero attached hydrogens (tertiary/aromatic N) is 5. The number of benzene rings is 3. The second-order valence-corrected chi connectivity index (χ2v) is 7.77. The molecule has 32 heavy (non-hydrogen) atoms. The van der Waals surface area contributed by atoms with Crippen LogP contribution in [0.15, 0.2) is 91.0 Å². The molecule has 1 amide bonds. The van der Waals surface area contributed by atoms with Gasteiger partial charge < -0.3 is 5.32 Å². The van der Waals surface area contributed by atoms with E-state index in [4.69, 9.17) is 11.6 Å². The molecule has 0 radical (unpaired) electrons. The highest BCUT2D eigenvalue weighted by atomic mass is 35.5. The Balaban J connectivity index is 1.54. The van der Waals surface area contributed by atoms with Crippen molar-refractivity contribution in [3.63, 3.8) is 0 Å². The van der Waals surface area contributed by atoms with Crippen LogP contribution >= 0.6 is 11.6 Å². The molecular weight excluding hydrogens is 424 g/mol. The molecule has 0 fully saturated rings. The van der Waals surface area contributed by atoms with Crippen LogP contribution in [0.4, 0.5) is 11.6 Å². The fraction of sp³-hybridized carbons (Fsp3) is 0.0833. The quantitative estimate of drug-likeness (QED) is 0.495. The van der Waals surface area contributed by atoms with Gasteiger partial charge in [0, 0.05) is 10.7 Å². The van der Waals surface area contributed by atoms with Gasteiger partial charge in [-0.05, 0) is 51.9 Å². The summed E-state index contributed by atoms with van der Waals surface area (Å²) in [6.45, 7) is 0.0589. The number of para-hydroxylation sites is 1. The standard InChI is InChI=1S/C24H19ClN6O/c25-19-13-11-18(12-14-19)22-15-21(17-7-3-1-4-8-17)30(24-27-28-29-31(22)24)16-23(32)26-20-9-5-2-6-10-20/h1-15,22H,16H2,(H,26,32)/t22-/m0/s1. The SMILES string of the molecule is O=C(CN1C(c2ccccc2)=C[C@@H](c2ccc(Cl)cc2)n2nnnc21)Nc1ccccc1. The van der Waals surface area contributed by atoms with Gasteiger partial charge in [-0.2, -0.15) is 4.68 Å². The van der Waals surface area contributed by atoms with Crippen molar-refractivity contribution in [3.8, 4) is 0 Å². The summed E-state index contributed by atoms with van der Waals surface area (Å²) in [4.78, 5) is 14.7. The molecule has 0 bridgehead atoms. The molecule has 1 aromatic heterocycles. The Morgan fingerprint density at radius 2 is 1.62 bits per heavy atom. The number of aromatic nitrogens is 4. The first kappa shape index (κ1) is 20.0. The summed E-state index contributed by atoms with van der Waals surface area (Å²) >= 11 is 6.09. The molecule has 1 N–H and O–H groups in total. The van der Waals surface area contributed by atoms with Crippen LogP contribution in [0.1, 0.15) is 17.2 Å². The molecule has 1 aliphatic heterocycles. The van der Waals surface area contributed by atoms with E-state index in [-0.39, 0.29) is 18.5 Å². The number of hydrogen-bond donors (Lipinski definition) is 1. The third-order valence-electron chi connectivity index (χ3n) is 5.23.